The first-order valence-electron chi connectivity index (χ1n) is 24.5. The molecule has 6 aromatic carbocycles. The Morgan fingerprint density at radius 2 is 1.20 bits per heavy atom. The molecule has 0 bridgehead atoms. The van der Waals surface area contributed by atoms with E-state index >= 15 is 0 Å². The van der Waals surface area contributed by atoms with Gasteiger partial charge in [-0.3, -0.25) is 0 Å². The topological polar surface area (TPSA) is 9.23 Å². The smallest absolute Gasteiger partial charge is 0.128 e. The van der Waals surface area contributed by atoms with Crippen LogP contribution in [-0.4, -0.2) is 6.10 Å². The van der Waals surface area contributed by atoms with E-state index in [-0.39, 0.29) is 28.8 Å². The second kappa shape index (κ2) is 15.2. The van der Waals surface area contributed by atoms with Crippen LogP contribution in [-0.2, 0) is 10.8 Å². The van der Waals surface area contributed by atoms with Crippen LogP contribution in [0.25, 0.3) is 77.2 Å². The molecule has 0 aliphatic heterocycles. The summed E-state index contributed by atoms with van der Waals surface area (Å²) in [5, 5.41) is 5.14. The zero-order chi connectivity index (χ0) is 46.1. The van der Waals surface area contributed by atoms with E-state index in [0.29, 0.717) is 0 Å². The van der Waals surface area contributed by atoms with Crippen molar-refractivity contribution < 1.29 is 4.74 Å². The first-order valence-corrected chi connectivity index (χ1v) is 24.5. The lowest BCUT2D eigenvalue weighted by atomic mass is 9.70. The van der Waals surface area contributed by atoms with Gasteiger partial charge in [0.05, 0.1) is 0 Å². The summed E-state index contributed by atoms with van der Waals surface area (Å²) in [6.45, 7) is 28.1. The number of ether oxygens (including phenoxy) is 1. The molecule has 0 heterocycles. The number of rotatable bonds is 6. The first-order chi connectivity index (χ1) is 31.6. The second-order valence-corrected chi connectivity index (χ2v) is 21.9. The third-order valence-corrected chi connectivity index (χ3v) is 15.5. The lowest BCUT2D eigenvalue weighted by molar-refractivity contribution is 0.255. The molecule has 0 amide bonds. The van der Waals surface area contributed by atoms with Crippen LogP contribution in [0.5, 0.6) is 5.75 Å². The zero-order valence-electron chi connectivity index (χ0n) is 41.2. The maximum atomic E-state index is 6.78. The van der Waals surface area contributed by atoms with Gasteiger partial charge in [-0.2, -0.15) is 0 Å². The van der Waals surface area contributed by atoms with Gasteiger partial charge in [-0.15, -0.1) is 0 Å². The summed E-state index contributed by atoms with van der Waals surface area (Å²) >= 11 is 0. The van der Waals surface area contributed by atoms with Crippen LogP contribution >= 0.6 is 0 Å². The molecule has 0 fully saturated rings. The summed E-state index contributed by atoms with van der Waals surface area (Å²) in [6.07, 6.45) is 25.1. The van der Waals surface area contributed by atoms with E-state index in [1.807, 2.05) is 0 Å². The van der Waals surface area contributed by atoms with Gasteiger partial charge >= 0.3 is 0 Å². The molecule has 0 radical (unpaired) electrons. The molecule has 3 atom stereocenters. The SMILES string of the molecule is C/C=C\C1=C(CC)C=C2c3c(c(-c4c(C)cc(C(C)(C)C)cc4C)c4cc5c(cc4c3-c3c(C)cc(C(C)(C)C)cc3C)-c3cccc4c(OC6C=CC=CC6)ccc-5c34)C3=CC=CC1C23. The lowest BCUT2D eigenvalue weighted by Crippen LogP contribution is -2.20. The van der Waals surface area contributed by atoms with Gasteiger partial charge in [0.25, 0.3) is 0 Å². The van der Waals surface area contributed by atoms with Gasteiger partial charge in [-0.1, -0.05) is 152 Å². The minimum absolute atomic E-state index is 0.0248. The highest BCUT2D eigenvalue weighted by atomic mass is 16.5. The molecule has 66 heavy (non-hydrogen) atoms. The number of fused-ring (bicyclic) bond motifs is 7. The predicted molar refractivity (Wildman–Crippen MR) is 285 cm³/mol. The zero-order valence-corrected chi connectivity index (χ0v) is 41.2. The van der Waals surface area contributed by atoms with Crippen molar-refractivity contribution in [3.05, 3.63) is 183 Å². The fourth-order valence-corrected chi connectivity index (χ4v) is 12.5. The first kappa shape index (κ1) is 42.5. The molecule has 0 saturated carbocycles. The van der Waals surface area contributed by atoms with Gasteiger partial charge in [0.15, 0.2) is 0 Å². The minimum atomic E-state index is 0.0248. The number of hydrogen-bond donors (Lipinski definition) is 0. The predicted octanol–water partition coefficient (Wildman–Crippen LogP) is 17.9. The number of benzene rings is 6. The Balaban J connectivity index is 1.32. The van der Waals surface area contributed by atoms with Gasteiger partial charge in [0.1, 0.15) is 11.9 Å². The maximum Gasteiger partial charge on any atom is 0.128 e. The van der Waals surface area contributed by atoms with Crippen molar-refractivity contribution in [2.45, 2.75) is 113 Å². The van der Waals surface area contributed by atoms with Crippen molar-refractivity contribution in [1.82, 2.24) is 0 Å². The Morgan fingerprint density at radius 1 is 0.606 bits per heavy atom. The third kappa shape index (κ3) is 6.32. The van der Waals surface area contributed by atoms with Gasteiger partial charge in [-0.05, 0) is 198 Å². The van der Waals surface area contributed by atoms with Gasteiger partial charge < -0.3 is 4.74 Å². The molecule has 0 saturated heterocycles. The maximum absolute atomic E-state index is 6.78. The standard InChI is InChI=1S/C65H64O/c1-13-20-44-40(14-2)33-54-59-45(44)23-19-26-49(59)60-61(56-36(3)29-41(30-37(56)4)64(7,8)9)52-35-51-47-27-28-55(66-43-21-16-15-17-22-43)48-25-18-24-46(58(47)48)50(51)34-53(52)62(63(54)60)57-38(5)31-42(32-39(57)6)65(10,11)12/h13,15-21,23-35,43,45,59H,14,22H2,1-12H3/b20-13-. The molecule has 330 valence electrons. The van der Waals surface area contributed by atoms with Crippen LogP contribution in [0, 0.1) is 39.5 Å². The minimum Gasteiger partial charge on any atom is -0.485 e. The summed E-state index contributed by atoms with van der Waals surface area (Å²) in [6, 6.07) is 26.6. The molecule has 0 spiro atoms. The van der Waals surface area contributed by atoms with E-state index in [9.17, 15) is 0 Å². The molecule has 1 nitrogen and oxygen atoms in total. The molecular weight excluding hydrogens is 797 g/mol. The molecule has 5 aliphatic rings. The van der Waals surface area contributed by atoms with Crippen LogP contribution < -0.4 is 4.74 Å². The normalized spacial score (nSPS) is 19.2. The number of allylic oxidation sites excluding steroid dienone is 12. The average molecular weight is 861 g/mol. The summed E-state index contributed by atoms with van der Waals surface area (Å²) in [4.78, 5) is 0. The lowest BCUT2D eigenvalue weighted by Gasteiger charge is -2.33. The largest absolute Gasteiger partial charge is 0.485 e. The van der Waals surface area contributed by atoms with E-state index in [2.05, 4.69) is 211 Å². The van der Waals surface area contributed by atoms with Crippen molar-refractivity contribution in [3.8, 4) is 50.3 Å². The highest BCUT2D eigenvalue weighted by Crippen LogP contribution is 2.64. The number of aryl methyl sites for hydroxylation is 4. The molecule has 0 aromatic heterocycles. The van der Waals surface area contributed by atoms with E-state index in [1.54, 1.807) is 0 Å². The molecule has 5 aliphatic carbocycles. The van der Waals surface area contributed by atoms with Crippen molar-refractivity contribution in [2.24, 2.45) is 11.8 Å². The van der Waals surface area contributed by atoms with Crippen LogP contribution in [0.2, 0.25) is 0 Å². The molecule has 6 aromatic rings. The Bertz CT molecular complexity index is 3300. The molecule has 11 rings (SSSR count). The van der Waals surface area contributed by atoms with Crippen molar-refractivity contribution in [3.63, 3.8) is 0 Å². The van der Waals surface area contributed by atoms with Gasteiger partial charge in [0.2, 0.25) is 0 Å². The van der Waals surface area contributed by atoms with E-state index in [1.165, 1.54) is 133 Å². The summed E-state index contributed by atoms with van der Waals surface area (Å²) in [7, 11) is 0. The Morgan fingerprint density at radius 3 is 1.74 bits per heavy atom. The highest BCUT2D eigenvalue weighted by molar-refractivity contribution is 6.24. The van der Waals surface area contributed by atoms with E-state index in [4.69, 9.17) is 4.74 Å². The van der Waals surface area contributed by atoms with Crippen LogP contribution in [0.1, 0.15) is 113 Å². The van der Waals surface area contributed by atoms with Crippen LogP contribution in [0.4, 0.5) is 0 Å². The molecule has 0 N–H and O–H groups in total. The van der Waals surface area contributed by atoms with Crippen molar-refractivity contribution >= 4 is 32.7 Å². The summed E-state index contributed by atoms with van der Waals surface area (Å²) in [5.74, 6) is 1.46. The monoisotopic (exact) mass is 860 g/mol. The van der Waals surface area contributed by atoms with E-state index in [0.717, 1.165) is 18.6 Å². The Labute approximate surface area is 393 Å². The Kier molecular flexibility index (Phi) is 9.76. The van der Waals surface area contributed by atoms with Gasteiger partial charge in [0, 0.05) is 29.0 Å². The Hall–Kier alpha value is -6.18. The highest BCUT2D eigenvalue weighted by Gasteiger charge is 2.45. The molecule has 1 heteroatoms. The second-order valence-electron chi connectivity index (χ2n) is 21.9. The van der Waals surface area contributed by atoms with E-state index < -0.39 is 0 Å². The van der Waals surface area contributed by atoms with Gasteiger partial charge in [-0.25, -0.2) is 0 Å². The van der Waals surface area contributed by atoms with Crippen molar-refractivity contribution in [1.29, 1.82) is 0 Å². The summed E-state index contributed by atoms with van der Waals surface area (Å²) < 4.78 is 6.78. The molecular formula is C65H64O. The van der Waals surface area contributed by atoms with Crippen LogP contribution in [0.3, 0.4) is 0 Å². The quantitative estimate of drug-likeness (QED) is 0.162. The fraction of sp³-hybridized carbons (Fsp3) is 0.292. The molecule has 3 unspecified atom stereocenters. The third-order valence-electron chi connectivity index (χ3n) is 15.5. The average Bonchev–Trinajstić information content (AvgIpc) is 3.77. The van der Waals surface area contributed by atoms with Crippen molar-refractivity contribution in [2.75, 3.05) is 0 Å². The number of hydrogen-bond acceptors (Lipinski definition) is 1. The van der Waals surface area contributed by atoms with Crippen LogP contribution in [0.15, 0.2) is 139 Å². The summed E-state index contributed by atoms with van der Waals surface area (Å²) in [5.41, 5.74) is 27.6. The fourth-order valence-electron chi connectivity index (χ4n) is 12.5.